The molecule has 0 unspecified atom stereocenters. The summed E-state index contributed by atoms with van der Waals surface area (Å²) in [5, 5.41) is 25.5. The molecular formula is C14H34NO7P. The minimum Gasteiger partial charge on any atom is -0.395 e. The molecule has 0 atom stereocenters. The molecule has 0 bridgehead atoms. The van der Waals surface area contributed by atoms with Gasteiger partial charge in [0.2, 0.25) is 0 Å². The van der Waals surface area contributed by atoms with E-state index >= 15 is 0 Å². The first kappa shape index (κ1) is 25.2. The molecule has 0 aromatic heterocycles. The van der Waals surface area contributed by atoms with E-state index in [-0.39, 0.29) is 26.4 Å². The first-order valence-electron chi connectivity index (χ1n) is 8.01. The molecule has 0 aliphatic heterocycles. The van der Waals surface area contributed by atoms with Crippen molar-refractivity contribution in [3.63, 3.8) is 0 Å². The van der Waals surface area contributed by atoms with Gasteiger partial charge in [-0.15, -0.1) is 0 Å². The number of unbranched alkanes of at least 4 members (excludes halogenated alkanes) is 2. The summed E-state index contributed by atoms with van der Waals surface area (Å²) < 4.78 is 14.5. The predicted molar refractivity (Wildman–Crippen MR) is 89.0 cm³/mol. The Morgan fingerprint density at radius 1 is 0.913 bits per heavy atom. The lowest BCUT2D eigenvalue weighted by Gasteiger charge is -2.17. The highest BCUT2D eigenvalue weighted by Crippen LogP contribution is 2.35. The number of rotatable bonds is 13. The van der Waals surface area contributed by atoms with Gasteiger partial charge in [0.25, 0.3) is 0 Å². The third-order valence-corrected chi connectivity index (χ3v) is 3.45. The smallest absolute Gasteiger partial charge is 0.395 e. The van der Waals surface area contributed by atoms with Gasteiger partial charge in [0.05, 0.1) is 26.4 Å². The molecule has 0 aliphatic rings. The van der Waals surface area contributed by atoms with E-state index in [0.717, 1.165) is 25.7 Å². The van der Waals surface area contributed by atoms with E-state index in [4.69, 9.17) is 25.1 Å². The van der Waals surface area contributed by atoms with Crippen molar-refractivity contribution in [2.45, 2.75) is 39.5 Å². The van der Waals surface area contributed by atoms with Crippen LogP contribution in [0.1, 0.15) is 39.5 Å². The fourth-order valence-electron chi connectivity index (χ4n) is 1.77. The molecule has 23 heavy (non-hydrogen) atoms. The maximum atomic E-state index is 10.2. The summed E-state index contributed by atoms with van der Waals surface area (Å²) in [6.45, 7) is 6.23. The Kier molecular flexibility index (Phi) is 18.4. The summed E-state index contributed by atoms with van der Waals surface area (Å²) in [5.74, 6) is 0.697. The second-order valence-electron chi connectivity index (χ2n) is 5.58. The fraction of sp³-hybridized carbons (Fsp3) is 1.00. The lowest BCUT2D eigenvalue weighted by atomic mass is 10.1. The minimum atomic E-state index is -4.23. The largest absolute Gasteiger partial charge is 0.469 e. The maximum absolute atomic E-state index is 10.2. The summed E-state index contributed by atoms with van der Waals surface area (Å²) in [5.41, 5.74) is 0. The molecule has 0 aromatic carbocycles. The zero-order valence-electron chi connectivity index (χ0n) is 14.3. The number of hydrogen-bond donors (Lipinski definition) is 5. The molecule has 5 N–H and O–H groups in total. The molecule has 9 heteroatoms. The molecule has 0 aromatic rings. The number of aliphatic hydroxyl groups excluding tert-OH is 3. The first-order valence-corrected chi connectivity index (χ1v) is 9.54. The van der Waals surface area contributed by atoms with Gasteiger partial charge in [-0.05, 0) is 12.3 Å². The van der Waals surface area contributed by atoms with E-state index in [2.05, 4.69) is 18.4 Å². The van der Waals surface area contributed by atoms with Crippen molar-refractivity contribution in [2.24, 2.45) is 5.92 Å². The molecule has 0 aliphatic carbocycles. The monoisotopic (exact) mass is 359 g/mol. The Hall–Kier alpha value is -0.0500. The molecule has 0 heterocycles. The molecule has 8 nitrogen and oxygen atoms in total. The van der Waals surface area contributed by atoms with Crippen molar-refractivity contribution in [3.8, 4) is 0 Å². The lowest BCUT2D eigenvalue weighted by molar-refractivity contribution is 0.136. The van der Waals surface area contributed by atoms with Crippen molar-refractivity contribution in [1.29, 1.82) is 0 Å². The molecule has 142 valence electrons. The maximum Gasteiger partial charge on any atom is 0.469 e. The van der Waals surface area contributed by atoms with Crippen LogP contribution in [0.5, 0.6) is 0 Å². The highest BCUT2D eigenvalue weighted by molar-refractivity contribution is 7.46. The van der Waals surface area contributed by atoms with Crippen molar-refractivity contribution in [1.82, 2.24) is 4.90 Å². The first-order chi connectivity index (χ1) is 10.8. The SMILES string of the molecule is CC(C)CCCCCOP(=O)(O)O.OCCN(CCO)CCO. The second-order valence-corrected chi connectivity index (χ2v) is 6.82. The summed E-state index contributed by atoms with van der Waals surface area (Å²) in [6.07, 6.45) is 3.95. The zero-order valence-corrected chi connectivity index (χ0v) is 15.2. The molecular weight excluding hydrogens is 325 g/mol. The summed E-state index contributed by atoms with van der Waals surface area (Å²) >= 11 is 0. The van der Waals surface area contributed by atoms with Gasteiger partial charge in [-0.25, -0.2) is 4.57 Å². The van der Waals surface area contributed by atoms with Crippen LogP contribution in [-0.4, -0.2) is 76.1 Å². The Balaban J connectivity index is 0. The van der Waals surface area contributed by atoms with E-state index in [1.807, 2.05) is 0 Å². The average Bonchev–Trinajstić information content (AvgIpc) is 2.43. The number of aliphatic hydroxyl groups is 3. The van der Waals surface area contributed by atoms with Crippen LogP contribution in [0.3, 0.4) is 0 Å². The topological polar surface area (TPSA) is 131 Å². The Bertz CT molecular complexity index is 272. The Morgan fingerprint density at radius 2 is 1.39 bits per heavy atom. The highest BCUT2D eigenvalue weighted by atomic mass is 31.2. The Morgan fingerprint density at radius 3 is 1.74 bits per heavy atom. The highest BCUT2D eigenvalue weighted by Gasteiger charge is 2.12. The average molecular weight is 359 g/mol. The van der Waals surface area contributed by atoms with E-state index < -0.39 is 7.82 Å². The van der Waals surface area contributed by atoms with Gasteiger partial charge in [-0.3, -0.25) is 9.42 Å². The van der Waals surface area contributed by atoms with Crippen LogP contribution in [0.25, 0.3) is 0 Å². The van der Waals surface area contributed by atoms with E-state index in [1.165, 1.54) is 0 Å². The third-order valence-electron chi connectivity index (χ3n) is 2.93. The van der Waals surface area contributed by atoms with E-state index in [0.29, 0.717) is 25.6 Å². The second kappa shape index (κ2) is 16.8. The number of nitrogens with zero attached hydrogens (tertiary/aromatic N) is 1. The van der Waals surface area contributed by atoms with Crippen LogP contribution < -0.4 is 0 Å². The van der Waals surface area contributed by atoms with Gasteiger partial charge in [-0.1, -0.05) is 33.1 Å². The zero-order chi connectivity index (χ0) is 18.1. The lowest BCUT2D eigenvalue weighted by Crippen LogP contribution is -2.32. The van der Waals surface area contributed by atoms with Crippen molar-refractivity contribution < 1.29 is 34.2 Å². The minimum absolute atomic E-state index is 0.0694. The van der Waals surface area contributed by atoms with Gasteiger partial charge in [0.15, 0.2) is 0 Å². The van der Waals surface area contributed by atoms with Crippen molar-refractivity contribution >= 4 is 7.82 Å². The standard InChI is InChI=1S/C8H19O4P.C6H15NO3/c1-8(2)6-4-3-5-7-12-13(9,10)11;8-4-1-7(2-5-9)3-6-10/h8H,3-7H2,1-2H3,(H2,9,10,11);8-10H,1-6H2. The number of phosphoric ester groups is 1. The van der Waals surface area contributed by atoms with E-state index in [9.17, 15) is 4.57 Å². The van der Waals surface area contributed by atoms with Crippen molar-refractivity contribution in [2.75, 3.05) is 46.1 Å². The quantitative estimate of drug-likeness (QED) is 0.238. The van der Waals surface area contributed by atoms with E-state index in [1.54, 1.807) is 4.90 Å². The van der Waals surface area contributed by atoms with Crippen LogP contribution in [0, 0.1) is 5.92 Å². The Labute approximate surface area is 139 Å². The van der Waals surface area contributed by atoms with Crippen LogP contribution in [0.15, 0.2) is 0 Å². The van der Waals surface area contributed by atoms with Gasteiger partial charge in [0, 0.05) is 19.6 Å². The van der Waals surface area contributed by atoms with Gasteiger partial charge in [-0.2, -0.15) is 0 Å². The van der Waals surface area contributed by atoms with Crippen molar-refractivity contribution in [3.05, 3.63) is 0 Å². The number of hydrogen-bond acceptors (Lipinski definition) is 6. The number of phosphoric acid groups is 1. The molecule has 0 saturated heterocycles. The molecule has 0 fully saturated rings. The predicted octanol–water partition coefficient (Wildman–Crippen LogP) is 0.577. The summed E-state index contributed by atoms with van der Waals surface area (Å²) in [6, 6.07) is 0. The normalized spacial score (nSPS) is 11.7. The van der Waals surface area contributed by atoms with Gasteiger partial charge >= 0.3 is 7.82 Å². The van der Waals surface area contributed by atoms with Crippen LogP contribution >= 0.6 is 7.82 Å². The van der Waals surface area contributed by atoms with Gasteiger partial charge in [0.1, 0.15) is 0 Å². The van der Waals surface area contributed by atoms with Crippen LogP contribution in [0.2, 0.25) is 0 Å². The van der Waals surface area contributed by atoms with Crippen LogP contribution in [0.4, 0.5) is 0 Å². The molecule has 0 rings (SSSR count). The molecule has 0 spiro atoms. The third kappa shape index (κ3) is 24.3. The molecule has 0 amide bonds. The van der Waals surface area contributed by atoms with Crippen LogP contribution in [-0.2, 0) is 9.09 Å². The fourth-order valence-corrected chi connectivity index (χ4v) is 2.14. The molecule has 0 radical (unpaired) electrons. The summed E-state index contributed by atoms with van der Waals surface area (Å²) in [4.78, 5) is 18.5. The molecule has 0 saturated carbocycles. The summed E-state index contributed by atoms with van der Waals surface area (Å²) in [7, 11) is -4.23. The van der Waals surface area contributed by atoms with Gasteiger partial charge < -0.3 is 25.1 Å².